The molecule has 1 atom stereocenters. The predicted octanol–water partition coefficient (Wildman–Crippen LogP) is 2.64. The highest BCUT2D eigenvalue weighted by molar-refractivity contribution is 5.32. The van der Waals surface area contributed by atoms with Crippen molar-refractivity contribution in [2.75, 3.05) is 13.2 Å². The lowest BCUT2D eigenvalue weighted by Crippen LogP contribution is -2.32. The topological polar surface area (TPSA) is 62.4 Å². The minimum atomic E-state index is 0.202. The van der Waals surface area contributed by atoms with Crippen LogP contribution in [0, 0.1) is 6.92 Å². The lowest BCUT2D eigenvalue weighted by molar-refractivity contribution is 0.139. The Labute approximate surface area is 131 Å². The number of nitrogens with zero attached hydrogens (tertiary/aromatic N) is 3. The van der Waals surface area contributed by atoms with Gasteiger partial charge in [0.1, 0.15) is 0 Å². The van der Waals surface area contributed by atoms with Gasteiger partial charge in [-0.2, -0.15) is 0 Å². The highest BCUT2D eigenvalue weighted by Crippen LogP contribution is 2.35. The molecule has 1 aromatic heterocycles. The van der Waals surface area contributed by atoms with Crippen molar-refractivity contribution in [3.05, 3.63) is 47.2 Å². The summed E-state index contributed by atoms with van der Waals surface area (Å²) < 4.78 is 5.55. The van der Waals surface area contributed by atoms with Crippen molar-refractivity contribution in [1.82, 2.24) is 15.1 Å². The van der Waals surface area contributed by atoms with E-state index in [0.717, 1.165) is 25.8 Å². The van der Waals surface area contributed by atoms with Crippen molar-refractivity contribution in [2.45, 2.75) is 45.2 Å². The van der Waals surface area contributed by atoms with Crippen molar-refractivity contribution in [3.63, 3.8) is 0 Å². The van der Waals surface area contributed by atoms with Crippen LogP contribution in [-0.4, -0.2) is 33.4 Å². The van der Waals surface area contributed by atoms with E-state index in [1.165, 1.54) is 17.5 Å². The van der Waals surface area contributed by atoms with Gasteiger partial charge < -0.3 is 9.52 Å². The molecule has 118 valence electrons. The number of hydrogen-bond acceptors (Lipinski definition) is 5. The molecule has 5 heteroatoms. The van der Waals surface area contributed by atoms with Gasteiger partial charge in [0.2, 0.25) is 11.8 Å². The van der Waals surface area contributed by atoms with Crippen molar-refractivity contribution in [1.29, 1.82) is 0 Å². The van der Waals surface area contributed by atoms with Crippen LogP contribution in [0.5, 0.6) is 0 Å². The Bertz CT molecular complexity index is 611. The molecule has 0 fully saturated rings. The third-order valence-corrected chi connectivity index (χ3v) is 4.29. The maximum Gasteiger partial charge on any atom is 0.230 e. The fraction of sp³-hybridized carbons (Fsp3) is 0.529. The normalized spacial score (nSPS) is 17.7. The maximum absolute atomic E-state index is 9.20. The Kier molecular flexibility index (Phi) is 4.85. The van der Waals surface area contributed by atoms with Crippen LogP contribution in [-0.2, 0) is 13.0 Å². The molecule has 0 radical (unpaired) electrons. The van der Waals surface area contributed by atoms with Crippen LogP contribution < -0.4 is 0 Å². The predicted molar refractivity (Wildman–Crippen MR) is 83.3 cm³/mol. The van der Waals surface area contributed by atoms with Gasteiger partial charge in [-0.15, -0.1) is 10.2 Å². The first-order valence-corrected chi connectivity index (χ1v) is 7.99. The molecule has 0 bridgehead atoms. The molecule has 3 rings (SSSR count). The molecular formula is C17H23N3O2. The standard InChI is InChI=1S/C17H23N3O2/c1-13-18-19-17(22-13)12-20(10-5-11-21)16-9-4-7-14-6-2-3-8-15(14)16/h2-3,6,8,16,21H,4-5,7,9-12H2,1H3/t16-/m1/s1. The summed E-state index contributed by atoms with van der Waals surface area (Å²) in [4.78, 5) is 2.36. The van der Waals surface area contributed by atoms with Gasteiger partial charge in [-0.3, -0.25) is 4.90 Å². The second-order valence-electron chi connectivity index (χ2n) is 5.87. The highest BCUT2D eigenvalue weighted by Gasteiger charge is 2.26. The van der Waals surface area contributed by atoms with Gasteiger partial charge in [0.15, 0.2) is 0 Å². The summed E-state index contributed by atoms with van der Waals surface area (Å²) in [6.45, 7) is 3.48. The van der Waals surface area contributed by atoms with Gasteiger partial charge >= 0.3 is 0 Å². The Hall–Kier alpha value is -1.72. The molecule has 0 spiro atoms. The molecule has 2 aromatic rings. The van der Waals surface area contributed by atoms with E-state index in [1.807, 2.05) is 6.92 Å². The fourth-order valence-corrected chi connectivity index (χ4v) is 3.30. The van der Waals surface area contributed by atoms with Crippen molar-refractivity contribution < 1.29 is 9.52 Å². The number of aliphatic hydroxyl groups is 1. The van der Waals surface area contributed by atoms with E-state index in [0.29, 0.717) is 24.4 Å². The largest absolute Gasteiger partial charge is 0.424 e. The van der Waals surface area contributed by atoms with Gasteiger partial charge in [0.05, 0.1) is 6.54 Å². The van der Waals surface area contributed by atoms with Crippen LogP contribution in [0.4, 0.5) is 0 Å². The van der Waals surface area contributed by atoms with Gasteiger partial charge in [-0.05, 0) is 36.8 Å². The number of fused-ring (bicyclic) bond motifs is 1. The Morgan fingerprint density at radius 3 is 2.95 bits per heavy atom. The molecule has 22 heavy (non-hydrogen) atoms. The van der Waals surface area contributed by atoms with Crippen LogP contribution in [0.3, 0.4) is 0 Å². The third kappa shape index (κ3) is 3.36. The Morgan fingerprint density at radius 1 is 1.32 bits per heavy atom. The van der Waals surface area contributed by atoms with Crippen LogP contribution in [0.1, 0.15) is 48.2 Å². The molecule has 5 nitrogen and oxygen atoms in total. The first-order chi connectivity index (χ1) is 10.8. The van der Waals surface area contributed by atoms with Crippen LogP contribution in [0.15, 0.2) is 28.7 Å². The lowest BCUT2D eigenvalue weighted by atomic mass is 9.86. The van der Waals surface area contributed by atoms with Crippen molar-refractivity contribution >= 4 is 0 Å². The summed E-state index contributed by atoms with van der Waals surface area (Å²) in [6.07, 6.45) is 4.24. The fourth-order valence-electron chi connectivity index (χ4n) is 3.30. The average molecular weight is 301 g/mol. The molecule has 0 unspecified atom stereocenters. The summed E-state index contributed by atoms with van der Waals surface area (Å²) in [6, 6.07) is 9.04. The van der Waals surface area contributed by atoms with Crippen LogP contribution in [0.2, 0.25) is 0 Å². The zero-order chi connectivity index (χ0) is 15.4. The van der Waals surface area contributed by atoms with E-state index in [-0.39, 0.29) is 6.61 Å². The maximum atomic E-state index is 9.20. The SMILES string of the molecule is Cc1nnc(CN(CCCO)[C@@H]2CCCc3ccccc32)o1. The van der Waals surface area contributed by atoms with E-state index >= 15 is 0 Å². The van der Waals surface area contributed by atoms with Crippen molar-refractivity contribution in [2.24, 2.45) is 0 Å². The van der Waals surface area contributed by atoms with E-state index in [2.05, 4.69) is 39.4 Å². The minimum Gasteiger partial charge on any atom is -0.424 e. The zero-order valence-electron chi connectivity index (χ0n) is 13.0. The lowest BCUT2D eigenvalue weighted by Gasteiger charge is -2.35. The highest BCUT2D eigenvalue weighted by atomic mass is 16.4. The molecule has 0 saturated heterocycles. The number of hydrogen-bond donors (Lipinski definition) is 1. The molecule has 0 amide bonds. The molecule has 0 aliphatic heterocycles. The second kappa shape index (κ2) is 7.03. The smallest absolute Gasteiger partial charge is 0.230 e. The zero-order valence-corrected chi connectivity index (χ0v) is 13.0. The van der Waals surface area contributed by atoms with E-state index in [9.17, 15) is 5.11 Å². The van der Waals surface area contributed by atoms with Gasteiger partial charge in [0.25, 0.3) is 0 Å². The summed E-state index contributed by atoms with van der Waals surface area (Å²) in [5.74, 6) is 1.25. The number of aromatic nitrogens is 2. The van der Waals surface area contributed by atoms with E-state index in [1.54, 1.807) is 0 Å². The second-order valence-corrected chi connectivity index (χ2v) is 5.87. The Balaban J connectivity index is 1.82. The third-order valence-electron chi connectivity index (χ3n) is 4.29. The number of aryl methyl sites for hydroxylation is 2. The monoisotopic (exact) mass is 301 g/mol. The Morgan fingerprint density at radius 2 is 2.18 bits per heavy atom. The average Bonchev–Trinajstić information content (AvgIpc) is 2.96. The first kappa shape index (κ1) is 15.2. The minimum absolute atomic E-state index is 0.202. The van der Waals surface area contributed by atoms with Crippen LogP contribution in [0.25, 0.3) is 0 Å². The molecule has 0 saturated carbocycles. The molecule has 1 aliphatic rings. The molecule has 1 aromatic carbocycles. The van der Waals surface area contributed by atoms with Crippen molar-refractivity contribution in [3.8, 4) is 0 Å². The van der Waals surface area contributed by atoms with E-state index in [4.69, 9.17) is 4.42 Å². The summed E-state index contributed by atoms with van der Waals surface area (Å²) in [7, 11) is 0. The van der Waals surface area contributed by atoms with Gasteiger partial charge in [0, 0.05) is 26.1 Å². The first-order valence-electron chi connectivity index (χ1n) is 7.99. The molecule has 1 aliphatic carbocycles. The summed E-state index contributed by atoms with van der Waals surface area (Å²) in [5, 5.41) is 17.2. The molecule has 1 N–H and O–H groups in total. The summed E-state index contributed by atoms with van der Waals surface area (Å²) in [5.41, 5.74) is 2.84. The summed E-state index contributed by atoms with van der Waals surface area (Å²) >= 11 is 0. The number of benzene rings is 1. The number of rotatable bonds is 6. The quantitative estimate of drug-likeness (QED) is 0.888. The van der Waals surface area contributed by atoms with Crippen LogP contribution >= 0.6 is 0 Å². The molecule has 1 heterocycles. The van der Waals surface area contributed by atoms with Gasteiger partial charge in [-0.1, -0.05) is 24.3 Å². The van der Waals surface area contributed by atoms with E-state index < -0.39 is 0 Å². The molecular weight excluding hydrogens is 278 g/mol. The number of aliphatic hydroxyl groups excluding tert-OH is 1. The van der Waals surface area contributed by atoms with Gasteiger partial charge in [-0.25, -0.2) is 0 Å².